The Kier molecular flexibility index (Phi) is 5.00. The summed E-state index contributed by atoms with van der Waals surface area (Å²) in [6.45, 7) is 2.11. The molecule has 5 nitrogen and oxygen atoms in total. The molecule has 21 heavy (non-hydrogen) atoms. The third-order valence-corrected chi connectivity index (χ3v) is 4.64. The van der Waals surface area contributed by atoms with Gasteiger partial charge in [-0.1, -0.05) is 11.8 Å². The van der Waals surface area contributed by atoms with Crippen LogP contribution in [0.5, 0.6) is 0 Å². The molecular formula is C13H15FN2O3S2. The summed E-state index contributed by atoms with van der Waals surface area (Å²) in [6, 6.07) is 3.02. The van der Waals surface area contributed by atoms with Gasteiger partial charge in [0.1, 0.15) is 5.82 Å². The Morgan fingerprint density at radius 3 is 2.86 bits per heavy atom. The number of aryl methyl sites for hydroxylation is 2. The number of rotatable bonds is 6. The quantitative estimate of drug-likeness (QED) is 0.821. The zero-order valence-electron chi connectivity index (χ0n) is 11.6. The summed E-state index contributed by atoms with van der Waals surface area (Å²) in [5, 5.41) is 9.28. The highest BCUT2D eigenvalue weighted by molar-refractivity contribution is 7.99. The van der Waals surface area contributed by atoms with E-state index in [0.717, 1.165) is 17.3 Å². The Labute approximate surface area is 128 Å². The topological polar surface area (TPSA) is 72.2 Å². The van der Waals surface area contributed by atoms with Gasteiger partial charge in [0.05, 0.1) is 16.8 Å². The van der Waals surface area contributed by atoms with Crippen LogP contribution in [0.1, 0.15) is 5.56 Å². The molecule has 0 aliphatic heterocycles. The smallest absolute Gasteiger partial charge is 0.313 e. The first kappa shape index (κ1) is 16.0. The highest BCUT2D eigenvalue weighted by Gasteiger charge is 2.15. The van der Waals surface area contributed by atoms with E-state index in [1.807, 2.05) is 0 Å². The summed E-state index contributed by atoms with van der Waals surface area (Å²) in [4.78, 5) is 15.0. The number of nitrogens with zero attached hydrogens (tertiary/aromatic N) is 2. The van der Waals surface area contributed by atoms with Crippen LogP contribution in [0.4, 0.5) is 4.39 Å². The Hall–Kier alpha value is -1.41. The lowest BCUT2D eigenvalue weighted by molar-refractivity contribution is -0.133. The van der Waals surface area contributed by atoms with E-state index in [2.05, 4.69) is 4.98 Å². The second kappa shape index (κ2) is 6.57. The van der Waals surface area contributed by atoms with Crippen LogP contribution in [0.25, 0.3) is 11.0 Å². The normalized spacial score (nSPS) is 12.7. The molecule has 0 bridgehead atoms. The van der Waals surface area contributed by atoms with Crippen molar-refractivity contribution < 1.29 is 18.5 Å². The Morgan fingerprint density at radius 2 is 2.24 bits per heavy atom. The molecule has 114 valence electrons. The number of halogens is 1. The van der Waals surface area contributed by atoms with Gasteiger partial charge in [-0.2, -0.15) is 0 Å². The van der Waals surface area contributed by atoms with Crippen molar-refractivity contribution in [3.8, 4) is 0 Å². The number of aromatic nitrogens is 2. The third-order valence-electron chi connectivity index (χ3n) is 2.92. The summed E-state index contributed by atoms with van der Waals surface area (Å²) in [5.74, 6) is -0.983. The van der Waals surface area contributed by atoms with Crippen molar-refractivity contribution in [3.05, 3.63) is 23.5 Å². The van der Waals surface area contributed by atoms with Crippen LogP contribution in [0.2, 0.25) is 0 Å². The minimum Gasteiger partial charge on any atom is -0.481 e. The molecule has 0 fully saturated rings. The molecule has 0 spiro atoms. The van der Waals surface area contributed by atoms with Crippen molar-refractivity contribution in [2.75, 3.05) is 17.8 Å². The van der Waals surface area contributed by atoms with Crippen LogP contribution in [-0.4, -0.2) is 42.6 Å². The fraction of sp³-hybridized carbons (Fsp3) is 0.385. The maximum atomic E-state index is 13.6. The number of thioether (sulfide) groups is 1. The van der Waals surface area contributed by atoms with Gasteiger partial charge in [-0.15, -0.1) is 0 Å². The monoisotopic (exact) mass is 330 g/mol. The van der Waals surface area contributed by atoms with E-state index in [1.165, 1.54) is 6.07 Å². The van der Waals surface area contributed by atoms with Crippen molar-refractivity contribution in [2.45, 2.75) is 18.6 Å². The molecule has 0 saturated heterocycles. The summed E-state index contributed by atoms with van der Waals surface area (Å²) in [7, 11) is -0.972. The molecule has 0 aliphatic rings. The number of hydrogen-bond acceptors (Lipinski definition) is 4. The predicted molar refractivity (Wildman–Crippen MR) is 81.7 cm³/mol. The maximum Gasteiger partial charge on any atom is 0.313 e. The molecule has 1 aromatic heterocycles. The van der Waals surface area contributed by atoms with Gasteiger partial charge >= 0.3 is 5.97 Å². The summed E-state index contributed by atoms with van der Waals surface area (Å²) in [5.41, 5.74) is 1.70. The van der Waals surface area contributed by atoms with E-state index >= 15 is 0 Å². The molecule has 0 saturated carbocycles. The number of fused-ring (bicyclic) bond motifs is 1. The van der Waals surface area contributed by atoms with Crippen LogP contribution >= 0.6 is 11.8 Å². The van der Waals surface area contributed by atoms with Crippen molar-refractivity contribution >= 4 is 39.6 Å². The standard InChI is InChI=1S/C13H15FN2O3S2/c1-8-5-11-10(6-9(8)14)15-13(20-7-12(17)18)16(11)3-4-21(2)19/h5-6H,3-4,7H2,1-2H3,(H,17,18). The lowest BCUT2D eigenvalue weighted by Crippen LogP contribution is -2.09. The summed E-state index contributed by atoms with van der Waals surface area (Å²) in [6.07, 6.45) is 1.61. The zero-order chi connectivity index (χ0) is 15.6. The number of benzene rings is 1. The van der Waals surface area contributed by atoms with E-state index in [1.54, 1.807) is 23.8 Å². The van der Waals surface area contributed by atoms with Crippen LogP contribution in [0.3, 0.4) is 0 Å². The fourth-order valence-electron chi connectivity index (χ4n) is 1.90. The molecule has 1 unspecified atom stereocenters. The van der Waals surface area contributed by atoms with Crippen molar-refractivity contribution in [3.63, 3.8) is 0 Å². The largest absolute Gasteiger partial charge is 0.481 e. The van der Waals surface area contributed by atoms with Gasteiger partial charge in [0.15, 0.2) is 5.16 Å². The molecule has 1 heterocycles. The number of imidazole rings is 1. The summed E-state index contributed by atoms with van der Waals surface area (Å²) < 4.78 is 26.7. The van der Waals surface area contributed by atoms with E-state index in [9.17, 15) is 13.4 Å². The average Bonchev–Trinajstić information content (AvgIpc) is 2.71. The molecule has 1 aromatic carbocycles. The molecule has 2 aromatic rings. The molecule has 1 atom stereocenters. The van der Waals surface area contributed by atoms with E-state index in [0.29, 0.717) is 28.5 Å². The van der Waals surface area contributed by atoms with Gasteiger partial charge in [0.2, 0.25) is 0 Å². The Balaban J connectivity index is 2.46. The van der Waals surface area contributed by atoms with E-state index in [4.69, 9.17) is 5.11 Å². The van der Waals surface area contributed by atoms with Gasteiger partial charge in [-0.25, -0.2) is 9.37 Å². The number of hydrogen-bond donors (Lipinski definition) is 1. The van der Waals surface area contributed by atoms with Crippen LogP contribution < -0.4 is 0 Å². The third kappa shape index (κ3) is 3.82. The van der Waals surface area contributed by atoms with Gasteiger partial charge < -0.3 is 9.67 Å². The van der Waals surface area contributed by atoms with Crippen LogP contribution in [-0.2, 0) is 22.1 Å². The van der Waals surface area contributed by atoms with Crippen LogP contribution in [0.15, 0.2) is 17.3 Å². The molecule has 8 heteroatoms. The first-order chi connectivity index (χ1) is 9.88. The molecule has 2 rings (SSSR count). The Bertz CT molecular complexity index is 715. The highest BCUT2D eigenvalue weighted by Crippen LogP contribution is 2.26. The minimum atomic E-state index is -0.972. The lowest BCUT2D eigenvalue weighted by atomic mass is 10.2. The molecule has 0 radical (unpaired) electrons. The van der Waals surface area contributed by atoms with Gasteiger partial charge in [0.25, 0.3) is 0 Å². The van der Waals surface area contributed by atoms with E-state index in [-0.39, 0.29) is 11.6 Å². The number of carboxylic acids is 1. The lowest BCUT2D eigenvalue weighted by Gasteiger charge is -2.07. The van der Waals surface area contributed by atoms with Gasteiger partial charge in [0, 0.05) is 35.4 Å². The molecule has 0 aliphatic carbocycles. The molecule has 0 amide bonds. The van der Waals surface area contributed by atoms with Gasteiger partial charge in [-0.3, -0.25) is 9.00 Å². The zero-order valence-corrected chi connectivity index (χ0v) is 13.3. The SMILES string of the molecule is Cc1cc2c(cc1F)nc(SCC(=O)O)n2CCS(C)=O. The van der Waals surface area contributed by atoms with Crippen LogP contribution in [0, 0.1) is 12.7 Å². The molecular weight excluding hydrogens is 315 g/mol. The van der Waals surface area contributed by atoms with Crippen molar-refractivity contribution in [1.29, 1.82) is 0 Å². The first-order valence-corrected chi connectivity index (χ1v) is 8.90. The minimum absolute atomic E-state index is 0.125. The van der Waals surface area contributed by atoms with Crippen molar-refractivity contribution in [1.82, 2.24) is 9.55 Å². The molecule has 1 N–H and O–H groups in total. The Morgan fingerprint density at radius 1 is 1.52 bits per heavy atom. The number of aliphatic carboxylic acids is 1. The highest BCUT2D eigenvalue weighted by atomic mass is 32.2. The number of carboxylic acid groups (broad SMARTS) is 1. The van der Waals surface area contributed by atoms with Crippen molar-refractivity contribution in [2.24, 2.45) is 0 Å². The summed E-state index contributed by atoms with van der Waals surface area (Å²) >= 11 is 1.08. The second-order valence-electron chi connectivity index (χ2n) is 4.60. The van der Waals surface area contributed by atoms with E-state index < -0.39 is 16.8 Å². The second-order valence-corrected chi connectivity index (χ2v) is 7.09. The first-order valence-electron chi connectivity index (χ1n) is 6.19. The van der Waals surface area contributed by atoms with Gasteiger partial charge in [-0.05, 0) is 18.6 Å². The fourth-order valence-corrected chi connectivity index (χ4v) is 3.10. The number of carbonyl (C=O) groups is 1. The average molecular weight is 330 g/mol. The maximum absolute atomic E-state index is 13.6. The predicted octanol–water partition coefficient (Wildman–Crippen LogP) is 2.04.